The molecule has 1 unspecified atom stereocenters. The van der Waals surface area contributed by atoms with E-state index in [1.54, 1.807) is 0 Å². The van der Waals surface area contributed by atoms with Crippen molar-refractivity contribution in [3.05, 3.63) is 35.9 Å². The first-order valence-corrected chi connectivity index (χ1v) is 7.49. The molecule has 1 fully saturated rings. The number of hydrogen-bond donors (Lipinski definition) is 1. The summed E-state index contributed by atoms with van der Waals surface area (Å²) in [4.78, 5) is 2.26. The predicted molar refractivity (Wildman–Crippen MR) is 78.1 cm³/mol. The molecule has 1 aromatic carbocycles. The summed E-state index contributed by atoms with van der Waals surface area (Å²) in [5, 5.41) is 3.53. The molecule has 1 atom stereocenters. The second-order valence-corrected chi connectivity index (χ2v) is 5.97. The molecular formula is C16H23F3N2. The Morgan fingerprint density at radius 3 is 2.57 bits per heavy atom. The minimum atomic E-state index is -4.03. The first-order chi connectivity index (χ1) is 9.89. The SMILES string of the molecule is CC1(c2ccccc2)CN(CCCCC(F)(F)F)CCN1. The topological polar surface area (TPSA) is 15.3 Å². The summed E-state index contributed by atoms with van der Waals surface area (Å²) >= 11 is 0. The van der Waals surface area contributed by atoms with Crippen LogP contribution in [-0.2, 0) is 5.54 Å². The van der Waals surface area contributed by atoms with Crippen LogP contribution in [0.2, 0.25) is 0 Å². The first-order valence-electron chi connectivity index (χ1n) is 7.49. The van der Waals surface area contributed by atoms with Crippen molar-refractivity contribution >= 4 is 0 Å². The average molecular weight is 300 g/mol. The van der Waals surface area contributed by atoms with Crippen LogP contribution < -0.4 is 5.32 Å². The molecule has 2 rings (SSSR count). The normalized spacial score (nSPS) is 24.2. The Morgan fingerprint density at radius 2 is 1.90 bits per heavy atom. The summed E-state index contributed by atoms with van der Waals surface area (Å²) in [7, 11) is 0. The highest BCUT2D eigenvalue weighted by Gasteiger charge is 2.32. The van der Waals surface area contributed by atoms with Crippen LogP contribution in [-0.4, -0.2) is 37.3 Å². The largest absolute Gasteiger partial charge is 0.389 e. The monoisotopic (exact) mass is 300 g/mol. The summed E-state index contributed by atoms with van der Waals surface area (Å²) < 4.78 is 36.4. The van der Waals surface area contributed by atoms with E-state index in [-0.39, 0.29) is 12.0 Å². The lowest BCUT2D eigenvalue weighted by molar-refractivity contribution is -0.135. The van der Waals surface area contributed by atoms with E-state index in [0.717, 1.165) is 26.2 Å². The number of hydrogen-bond acceptors (Lipinski definition) is 2. The Labute approximate surface area is 124 Å². The molecule has 1 heterocycles. The van der Waals surface area contributed by atoms with Crippen molar-refractivity contribution in [2.24, 2.45) is 0 Å². The maximum atomic E-state index is 12.1. The van der Waals surface area contributed by atoms with E-state index >= 15 is 0 Å². The number of alkyl halides is 3. The highest BCUT2D eigenvalue weighted by molar-refractivity contribution is 5.24. The zero-order valence-electron chi connectivity index (χ0n) is 12.4. The Kier molecular flexibility index (Phi) is 5.27. The standard InChI is InChI=1S/C16H23F3N2/c1-15(14-7-3-2-4-8-14)13-21(12-10-20-15)11-6-5-9-16(17,18)19/h2-4,7-8,20H,5-6,9-13H2,1H3. The maximum absolute atomic E-state index is 12.1. The van der Waals surface area contributed by atoms with Gasteiger partial charge in [0.25, 0.3) is 0 Å². The third-order valence-corrected chi connectivity index (χ3v) is 4.08. The van der Waals surface area contributed by atoms with Crippen LogP contribution in [0.15, 0.2) is 30.3 Å². The van der Waals surface area contributed by atoms with Gasteiger partial charge in [0.2, 0.25) is 0 Å². The smallest absolute Gasteiger partial charge is 0.305 e. The summed E-state index contributed by atoms with van der Waals surface area (Å²) in [5.74, 6) is 0. The van der Waals surface area contributed by atoms with Gasteiger partial charge in [-0.3, -0.25) is 4.90 Å². The van der Waals surface area contributed by atoms with Gasteiger partial charge in [0, 0.05) is 26.1 Å². The van der Waals surface area contributed by atoms with Gasteiger partial charge in [0.1, 0.15) is 0 Å². The van der Waals surface area contributed by atoms with E-state index < -0.39 is 12.6 Å². The number of rotatable bonds is 5. The van der Waals surface area contributed by atoms with Crippen LogP contribution in [0.25, 0.3) is 0 Å². The second kappa shape index (κ2) is 6.79. The van der Waals surface area contributed by atoms with Gasteiger partial charge in [0.15, 0.2) is 0 Å². The summed E-state index contributed by atoms with van der Waals surface area (Å²) in [6, 6.07) is 10.2. The van der Waals surface area contributed by atoms with Crippen molar-refractivity contribution in [3.63, 3.8) is 0 Å². The van der Waals surface area contributed by atoms with Gasteiger partial charge in [0.05, 0.1) is 5.54 Å². The third kappa shape index (κ3) is 5.00. The van der Waals surface area contributed by atoms with Crippen molar-refractivity contribution in [3.8, 4) is 0 Å². The van der Waals surface area contributed by atoms with Gasteiger partial charge in [-0.1, -0.05) is 30.3 Å². The Hall–Kier alpha value is -1.07. The van der Waals surface area contributed by atoms with E-state index in [1.807, 2.05) is 18.2 Å². The van der Waals surface area contributed by atoms with Gasteiger partial charge >= 0.3 is 6.18 Å². The molecule has 0 bridgehead atoms. The van der Waals surface area contributed by atoms with Crippen LogP contribution in [0.1, 0.15) is 31.7 Å². The Bertz CT molecular complexity index is 433. The second-order valence-electron chi connectivity index (χ2n) is 5.97. The number of nitrogens with zero attached hydrogens (tertiary/aromatic N) is 1. The molecular weight excluding hydrogens is 277 g/mol. The van der Waals surface area contributed by atoms with Crippen molar-refractivity contribution in [2.45, 2.75) is 37.9 Å². The molecule has 0 aliphatic carbocycles. The third-order valence-electron chi connectivity index (χ3n) is 4.08. The lowest BCUT2D eigenvalue weighted by Crippen LogP contribution is -2.56. The fraction of sp³-hybridized carbons (Fsp3) is 0.625. The molecule has 1 saturated heterocycles. The van der Waals surface area contributed by atoms with E-state index in [2.05, 4.69) is 29.3 Å². The van der Waals surface area contributed by atoms with E-state index in [0.29, 0.717) is 6.42 Å². The highest BCUT2D eigenvalue weighted by atomic mass is 19.4. The van der Waals surface area contributed by atoms with E-state index in [1.165, 1.54) is 5.56 Å². The highest BCUT2D eigenvalue weighted by Crippen LogP contribution is 2.25. The average Bonchev–Trinajstić information content (AvgIpc) is 2.44. The maximum Gasteiger partial charge on any atom is 0.389 e. The molecule has 5 heteroatoms. The Morgan fingerprint density at radius 1 is 1.19 bits per heavy atom. The van der Waals surface area contributed by atoms with Crippen LogP contribution >= 0.6 is 0 Å². The van der Waals surface area contributed by atoms with Crippen molar-refractivity contribution < 1.29 is 13.2 Å². The van der Waals surface area contributed by atoms with E-state index in [4.69, 9.17) is 0 Å². The zero-order valence-corrected chi connectivity index (χ0v) is 12.4. The molecule has 0 radical (unpaired) electrons. The van der Waals surface area contributed by atoms with Crippen molar-refractivity contribution in [1.29, 1.82) is 0 Å². The number of halogens is 3. The number of piperazine rings is 1. The van der Waals surface area contributed by atoms with Crippen molar-refractivity contribution in [1.82, 2.24) is 10.2 Å². The summed E-state index contributed by atoms with van der Waals surface area (Å²) in [6.07, 6.45) is -3.88. The fourth-order valence-electron chi connectivity index (χ4n) is 2.92. The minimum absolute atomic E-state index is 0.121. The predicted octanol–water partition coefficient (Wildman–Crippen LogP) is 3.54. The van der Waals surface area contributed by atoms with Gasteiger partial charge in [-0.25, -0.2) is 0 Å². The molecule has 118 valence electrons. The molecule has 1 aromatic rings. The molecule has 0 saturated carbocycles. The van der Waals surface area contributed by atoms with Crippen molar-refractivity contribution in [2.75, 3.05) is 26.2 Å². The van der Waals surface area contributed by atoms with Gasteiger partial charge in [-0.2, -0.15) is 13.2 Å². The number of unbranched alkanes of at least 4 members (excludes halogenated alkanes) is 1. The Balaban J connectivity index is 1.84. The zero-order chi connectivity index (χ0) is 15.3. The summed E-state index contributed by atoms with van der Waals surface area (Å²) in [5.41, 5.74) is 1.11. The molecule has 1 N–H and O–H groups in total. The lowest BCUT2D eigenvalue weighted by atomic mass is 9.89. The lowest BCUT2D eigenvalue weighted by Gasteiger charge is -2.42. The van der Waals surface area contributed by atoms with Crippen LogP contribution in [0.4, 0.5) is 13.2 Å². The van der Waals surface area contributed by atoms with Gasteiger partial charge in [-0.05, 0) is 31.9 Å². The molecule has 21 heavy (non-hydrogen) atoms. The number of benzene rings is 1. The minimum Gasteiger partial charge on any atom is -0.305 e. The van der Waals surface area contributed by atoms with Gasteiger partial charge in [-0.15, -0.1) is 0 Å². The molecule has 2 nitrogen and oxygen atoms in total. The van der Waals surface area contributed by atoms with E-state index in [9.17, 15) is 13.2 Å². The quantitative estimate of drug-likeness (QED) is 0.837. The summed E-state index contributed by atoms with van der Waals surface area (Å²) in [6.45, 7) is 5.49. The van der Waals surface area contributed by atoms with Gasteiger partial charge < -0.3 is 5.32 Å². The fourth-order valence-corrected chi connectivity index (χ4v) is 2.92. The molecule has 0 spiro atoms. The van der Waals surface area contributed by atoms with Crippen LogP contribution in [0, 0.1) is 0 Å². The van der Waals surface area contributed by atoms with Crippen LogP contribution in [0.3, 0.4) is 0 Å². The molecule has 1 aliphatic heterocycles. The molecule has 1 aliphatic rings. The molecule has 0 amide bonds. The van der Waals surface area contributed by atoms with Crippen LogP contribution in [0.5, 0.6) is 0 Å². The molecule has 0 aromatic heterocycles. The number of nitrogens with one attached hydrogen (secondary N) is 1. The first kappa shape index (κ1) is 16.3.